The topological polar surface area (TPSA) is 72.9 Å². The summed E-state index contributed by atoms with van der Waals surface area (Å²) in [5.41, 5.74) is 2.65. The number of Topliss-reactive ketones (excluding diaryl/α,β-unsaturated/α-hetero) is 3. The van der Waals surface area contributed by atoms with Crippen molar-refractivity contribution in [2.75, 3.05) is 19.1 Å². The van der Waals surface area contributed by atoms with Crippen molar-refractivity contribution in [2.24, 2.45) is 5.41 Å². The Morgan fingerprint density at radius 2 is 1.56 bits per heavy atom. The van der Waals surface area contributed by atoms with Gasteiger partial charge in [0.1, 0.15) is 23.0 Å². The first-order chi connectivity index (χ1) is 20.8. The molecule has 0 radical (unpaired) electrons. The third kappa shape index (κ3) is 3.76. The number of hydrogen-bond donors (Lipinski definition) is 0. The molecular weight excluding hydrogens is 562 g/mol. The number of halogens is 1. The van der Waals surface area contributed by atoms with Gasteiger partial charge >= 0.3 is 0 Å². The Balaban J connectivity index is 1.58. The van der Waals surface area contributed by atoms with Crippen molar-refractivity contribution in [2.45, 2.75) is 24.9 Å². The number of carbonyl (C=O) groups is 3. The number of aryl methyl sites for hydroxylation is 1. The molecule has 4 aromatic carbocycles. The lowest BCUT2D eigenvalue weighted by molar-refractivity contribution is 0.0664. The van der Waals surface area contributed by atoms with Gasteiger partial charge in [-0.05, 0) is 48.9 Å². The zero-order chi connectivity index (χ0) is 30.0. The van der Waals surface area contributed by atoms with Gasteiger partial charge in [0, 0.05) is 38.9 Å². The fourth-order valence-electron chi connectivity index (χ4n) is 7.26. The van der Waals surface area contributed by atoms with Crippen LogP contribution in [-0.4, -0.2) is 43.7 Å². The Morgan fingerprint density at radius 3 is 2.21 bits per heavy atom. The molecule has 0 aromatic heterocycles. The summed E-state index contributed by atoms with van der Waals surface area (Å²) in [6.45, 7) is 1.96. The summed E-state index contributed by atoms with van der Waals surface area (Å²) < 4.78 is 11.5. The third-order valence-corrected chi connectivity index (χ3v) is 9.38. The highest BCUT2D eigenvalue weighted by molar-refractivity contribution is 6.33. The standard InChI is InChI=1S/C36H28ClNO5/c1-20-8-10-21(11-9-20)33(39)32-31(27-19-24(42-2)14-16-29(27)43-3)36(34(40)25-6-4-5-7-26(25)35(36)41)30-17-12-22-18-23(37)13-15-28(22)38(30)32/h4-19,30-32H,1-3H3/t30-,31-,32+/m1/s1. The fraction of sp³-hybridized carbons (Fsp3) is 0.194. The van der Waals surface area contributed by atoms with Crippen LogP contribution in [0.15, 0.2) is 91.0 Å². The molecule has 2 aliphatic heterocycles. The Hall–Kier alpha value is -4.68. The Bertz CT molecular complexity index is 1830. The van der Waals surface area contributed by atoms with Crippen LogP contribution in [0.3, 0.4) is 0 Å². The van der Waals surface area contributed by atoms with Crippen LogP contribution in [0.4, 0.5) is 5.69 Å². The maximum Gasteiger partial charge on any atom is 0.185 e. The van der Waals surface area contributed by atoms with Crippen LogP contribution < -0.4 is 14.4 Å². The van der Waals surface area contributed by atoms with Crippen LogP contribution >= 0.6 is 11.6 Å². The highest BCUT2D eigenvalue weighted by Gasteiger charge is 2.72. The first-order valence-corrected chi connectivity index (χ1v) is 14.5. The predicted octanol–water partition coefficient (Wildman–Crippen LogP) is 6.98. The summed E-state index contributed by atoms with van der Waals surface area (Å²) >= 11 is 6.40. The van der Waals surface area contributed by atoms with Crippen molar-refractivity contribution in [3.63, 3.8) is 0 Å². The molecule has 0 bridgehead atoms. The molecule has 3 aliphatic rings. The zero-order valence-corrected chi connectivity index (χ0v) is 24.6. The monoisotopic (exact) mass is 589 g/mol. The summed E-state index contributed by atoms with van der Waals surface area (Å²) in [6.07, 6.45) is 3.77. The van der Waals surface area contributed by atoms with Gasteiger partial charge in [0.25, 0.3) is 0 Å². The van der Waals surface area contributed by atoms with Gasteiger partial charge in [-0.3, -0.25) is 14.4 Å². The van der Waals surface area contributed by atoms with E-state index in [2.05, 4.69) is 0 Å². The van der Waals surface area contributed by atoms with E-state index in [0.717, 1.165) is 16.8 Å². The summed E-state index contributed by atoms with van der Waals surface area (Å²) in [4.78, 5) is 46.5. The summed E-state index contributed by atoms with van der Waals surface area (Å²) in [7, 11) is 3.10. The molecule has 1 fully saturated rings. The second-order valence-electron chi connectivity index (χ2n) is 11.2. The molecule has 7 heteroatoms. The molecule has 214 valence electrons. The number of ketones is 3. The molecule has 6 nitrogen and oxygen atoms in total. The van der Waals surface area contributed by atoms with Gasteiger partial charge < -0.3 is 14.4 Å². The number of methoxy groups -OCH3 is 2. The van der Waals surface area contributed by atoms with Gasteiger partial charge in [0.05, 0.1) is 20.3 Å². The van der Waals surface area contributed by atoms with Crippen molar-refractivity contribution in [1.29, 1.82) is 0 Å². The van der Waals surface area contributed by atoms with Gasteiger partial charge in [-0.2, -0.15) is 0 Å². The van der Waals surface area contributed by atoms with Crippen molar-refractivity contribution in [1.82, 2.24) is 0 Å². The number of fused-ring (bicyclic) bond motifs is 5. The van der Waals surface area contributed by atoms with Crippen LogP contribution in [0.1, 0.15) is 53.7 Å². The predicted molar refractivity (Wildman–Crippen MR) is 166 cm³/mol. The van der Waals surface area contributed by atoms with Gasteiger partial charge in [0.15, 0.2) is 17.3 Å². The van der Waals surface area contributed by atoms with Gasteiger partial charge in [-0.1, -0.05) is 77.8 Å². The molecular formula is C36H28ClNO5. The second kappa shape index (κ2) is 9.96. The molecule has 4 aromatic rings. The van der Waals surface area contributed by atoms with Crippen LogP contribution in [0.5, 0.6) is 11.5 Å². The van der Waals surface area contributed by atoms with E-state index in [9.17, 15) is 14.4 Å². The maximum atomic E-state index is 14.9. The largest absolute Gasteiger partial charge is 0.497 e. The van der Waals surface area contributed by atoms with Crippen molar-refractivity contribution in [3.05, 3.63) is 129 Å². The van der Waals surface area contributed by atoms with Crippen molar-refractivity contribution in [3.8, 4) is 11.5 Å². The minimum atomic E-state index is -1.65. The minimum absolute atomic E-state index is 0.204. The molecule has 2 heterocycles. The summed E-state index contributed by atoms with van der Waals surface area (Å²) in [5.74, 6) is -0.753. The Morgan fingerprint density at radius 1 is 0.860 bits per heavy atom. The van der Waals surface area contributed by atoms with E-state index in [-0.39, 0.29) is 17.3 Å². The number of nitrogens with zero attached hydrogens (tertiary/aromatic N) is 1. The fourth-order valence-corrected chi connectivity index (χ4v) is 7.44. The SMILES string of the molecule is COc1ccc(OC)c([C@@H]2[C@@H](C(=O)c3ccc(C)cc3)N3c4ccc(Cl)cc4C=C[C@@H]3C23C(=O)c2ccccc2C3=O)c1. The lowest BCUT2D eigenvalue weighted by Gasteiger charge is -2.37. The lowest BCUT2D eigenvalue weighted by atomic mass is 9.64. The second-order valence-corrected chi connectivity index (χ2v) is 11.7. The number of anilines is 1. The summed E-state index contributed by atoms with van der Waals surface area (Å²) in [6, 6.07) is 23.4. The highest BCUT2D eigenvalue weighted by Crippen LogP contribution is 2.62. The van der Waals surface area contributed by atoms with E-state index in [0.29, 0.717) is 38.8 Å². The lowest BCUT2D eigenvalue weighted by Crippen LogP contribution is -2.48. The third-order valence-electron chi connectivity index (χ3n) is 9.14. The van der Waals surface area contributed by atoms with Crippen LogP contribution in [0, 0.1) is 12.3 Å². The summed E-state index contributed by atoms with van der Waals surface area (Å²) in [5, 5.41) is 0.545. The van der Waals surface area contributed by atoms with E-state index in [1.54, 1.807) is 74.9 Å². The average molecular weight is 590 g/mol. The highest BCUT2D eigenvalue weighted by atomic mass is 35.5. The number of hydrogen-bond acceptors (Lipinski definition) is 6. The van der Waals surface area contributed by atoms with Gasteiger partial charge in [0.2, 0.25) is 0 Å². The Labute approximate surface area is 254 Å². The normalized spacial score (nSPS) is 21.0. The van der Waals surface area contributed by atoms with Crippen molar-refractivity contribution < 1.29 is 23.9 Å². The van der Waals surface area contributed by atoms with Crippen LogP contribution in [0.2, 0.25) is 5.02 Å². The molecule has 43 heavy (non-hydrogen) atoms. The van der Waals surface area contributed by atoms with Crippen molar-refractivity contribution >= 4 is 40.7 Å². The molecule has 7 rings (SSSR count). The molecule has 0 saturated carbocycles. The minimum Gasteiger partial charge on any atom is -0.497 e. The number of rotatable bonds is 5. The van der Waals surface area contributed by atoms with E-state index in [4.69, 9.17) is 21.1 Å². The molecule has 1 saturated heterocycles. The first-order valence-electron chi connectivity index (χ1n) is 14.1. The number of carbonyl (C=O) groups excluding carboxylic acids is 3. The molecule has 0 unspecified atom stereocenters. The number of benzene rings is 4. The zero-order valence-electron chi connectivity index (χ0n) is 23.8. The van der Waals surface area contributed by atoms with E-state index in [1.165, 1.54) is 0 Å². The molecule has 3 atom stereocenters. The van der Waals surface area contributed by atoms with E-state index < -0.39 is 23.4 Å². The van der Waals surface area contributed by atoms with Gasteiger partial charge in [-0.15, -0.1) is 0 Å². The molecule has 0 N–H and O–H groups in total. The smallest absolute Gasteiger partial charge is 0.185 e. The quantitative estimate of drug-likeness (QED) is 0.185. The molecule has 1 spiro atoms. The molecule has 1 aliphatic carbocycles. The van der Waals surface area contributed by atoms with Crippen LogP contribution in [-0.2, 0) is 0 Å². The van der Waals surface area contributed by atoms with Crippen LogP contribution in [0.25, 0.3) is 6.08 Å². The first kappa shape index (κ1) is 27.2. The van der Waals surface area contributed by atoms with E-state index in [1.807, 2.05) is 48.2 Å². The molecule has 0 amide bonds. The van der Waals surface area contributed by atoms with E-state index >= 15 is 0 Å². The number of ether oxygens (including phenoxy) is 2. The maximum absolute atomic E-state index is 14.9. The Kier molecular flexibility index (Phi) is 6.29. The average Bonchev–Trinajstić information content (AvgIpc) is 3.46. The van der Waals surface area contributed by atoms with Gasteiger partial charge in [-0.25, -0.2) is 0 Å².